The van der Waals surface area contributed by atoms with Gasteiger partial charge in [0, 0.05) is 24.7 Å². The molecule has 0 bridgehead atoms. The van der Waals surface area contributed by atoms with Crippen LogP contribution in [0, 0.1) is 11.6 Å². The Balaban J connectivity index is 1.78. The number of hydrogen-bond acceptors (Lipinski definition) is 5. The molecular weight excluding hydrogens is 488 g/mol. The summed E-state index contributed by atoms with van der Waals surface area (Å²) in [5.74, 6) is -1.65. The van der Waals surface area contributed by atoms with Gasteiger partial charge in [0.05, 0.1) is 23.7 Å². The number of fused-ring (bicyclic) bond motifs is 1. The molecule has 7 nitrogen and oxygen atoms in total. The first kappa shape index (κ1) is 28.0. The molecule has 0 fully saturated rings. The number of rotatable bonds is 10. The molecule has 1 aliphatic rings. The van der Waals surface area contributed by atoms with Crippen molar-refractivity contribution in [1.29, 1.82) is 0 Å². The quantitative estimate of drug-likeness (QED) is 0.383. The number of urea groups is 1. The highest BCUT2D eigenvalue weighted by Gasteiger charge is 2.31. The van der Waals surface area contributed by atoms with Crippen LogP contribution in [0.25, 0.3) is 0 Å². The number of aliphatic hydroxyl groups excluding tert-OH is 1. The molecule has 10 heteroatoms. The zero-order valence-electron chi connectivity index (χ0n) is 20.9. The van der Waals surface area contributed by atoms with Gasteiger partial charge in [0.1, 0.15) is 11.6 Å². The van der Waals surface area contributed by atoms with Gasteiger partial charge in [0.2, 0.25) is 0 Å². The fourth-order valence-corrected chi connectivity index (χ4v) is 6.00. The number of amides is 2. The fourth-order valence-electron chi connectivity index (χ4n) is 4.34. The van der Waals surface area contributed by atoms with Crippen LogP contribution in [0.15, 0.2) is 36.4 Å². The third-order valence-corrected chi connectivity index (χ3v) is 8.10. The Labute approximate surface area is 211 Å². The highest BCUT2D eigenvalue weighted by atomic mass is 32.2. The lowest BCUT2D eigenvalue weighted by Gasteiger charge is -2.30. The molecule has 2 amide bonds. The Hall–Kier alpha value is -2.56. The van der Waals surface area contributed by atoms with E-state index in [2.05, 4.69) is 16.0 Å². The third kappa shape index (κ3) is 7.72. The molecule has 4 N–H and O–H groups in total. The first-order valence-corrected chi connectivity index (χ1v) is 14.1. The van der Waals surface area contributed by atoms with E-state index in [9.17, 15) is 27.1 Å². The maximum atomic E-state index is 13.8. The van der Waals surface area contributed by atoms with Crippen molar-refractivity contribution in [2.75, 3.05) is 12.3 Å². The second kappa shape index (κ2) is 12.1. The van der Waals surface area contributed by atoms with Crippen LogP contribution >= 0.6 is 0 Å². The van der Waals surface area contributed by atoms with Crippen molar-refractivity contribution >= 4 is 15.9 Å². The van der Waals surface area contributed by atoms with E-state index in [0.29, 0.717) is 6.42 Å². The molecule has 2 aromatic rings. The molecule has 0 spiro atoms. The summed E-state index contributed by atoms with van der Waals surface area (Å²) >= 11 is 0. The molecule has 0 saturated heterocycles. The summed E-state index contributed by atoms with van der Waals surface area (Å²) in [7, 11) is -3.33. The normalized spacial score (nSPS) is 19.1. The highest BCUT2D eigenvalue weighted by molar-refractivity contribution is 7.90. The van der Waals surface area contributed by atoms with Gasteiger partial charge >= 0.3 is 6.03 Å². The number of carbonyl (C=O) groups is 1. The summed E-state index contributed by atoms with van der Waals surface area (Å²) in [5.41, 5.74) is 2.96. The van der Waals surface area contributed by atoms with Crippen LogP contribution in [0.1, 0.15) is 55.5 Å². The molecule has 0 saturated carbocycles. The van der Waals surface area contributed by atoms with Crippen LogP contribution in [0.2, 0.25) is 0 Å². The molecule has 36 heavy (non-hydrogen) atoms. The fraction of sp³-hybridized carbons (Fsp3) is 0.500. The van der Waals surface area contributed by atoms with Crippen LogP contribution in [0.5, 0.6) is 0 Å². The molecule has 1 heterocycles. The first-order valence-electron chi connectivity index (χ1n) is 12.2. The summed E-state index contributed by atoms with van der Waals surface area (Å²) in [4.78, 5) is 12.5. The first-order chi connectivity index (χ1) is 17.0. The zero-order chi connectivity index (χ0) is 26.5. The maximum Gasteiger partial charge on any atom is 0.315 e. The van der Waals surface area contributed by atoms with E-state index in [-0.39, 0.29) is 36.1 Å². The molecule has 3 rings (SSSR count). The van der Waals surface area contributed by atoms with Crippen molar-refractivity contribution in [2.24, 2.45) is 0 Å². The Morgan fingerprint density at radius 2 is 1.78 bits per heavy atom. The molecule has 1 unspecified atom stereocenters. The predicted molar refractivity (Wildman–Crippen MR) is 135 cm³/mol. The second-order valence-corrected chi connectivity index (χ2v) is 11.6. The lowest BCUT2D eigenvalue weighted by Crippen LogP contribution is -2.53. The minimum Gasteiger partial charge on any atom is -0.390 e. The van der Waals surface area contributed by atoms with Crippen LogP contribution in [-0.2, 0) is 28.4 Å². The number of halogens is 2. The minimum atomic E-state index is -3.33. The van der Waals surface area contributed by atoms with Crippen molar-refractivity contribution in [2.45, 2.75) is 70.0 Å². The summed E-state index contributed by atoms with van der Waals surface area (Å²) in [6.07, 6.45) is 0.315. The van der Waals surface area contributed by atoms with Gasteiger partial charge in [-0.1, -0.05) is 32.0 Å². The van der Waals surface area contributed by atoms with Crippen LogP contribution in [-0.4, -0.2) is 50.0 Å². The monoisotopic (exact) mass is 523 g/mol. The van der Waals surface area contributed by atoms with E-state index >= 15 is 0 Å². The zero-order valence-corrected chi connectivity index (χ0v) is 21.7. The summed E-state index contributed by atoms with van der Waals surface area (Å²) in [6, 6.07) is 6.77. The van der Waals surface area contributed by atoms with Crippen molar-refractivity contribution in [3.8, 4) is 0 Å². The van der Waals surface area contributed by atoms with Crippen molar-refractivity contribution in [3.05, 3.63) is 70.3 Å². The standard InChI is InChI=1S/C26H35F2N3O4S/c1-4-16(3)30-26(33)31-23(11-18-8-20(27)12-21(28)9-18)25(32)13-29-24-15-36(34,35)14-19-7-6-17(5-2)10-22(19)24/h6-10,12,16,23-25,29,32H,4-5,11,13-15H2,1-3H3,(H2,30,31,33)/t16?,23-,24-,25+/m0/s1. The molecular formula is C26H35F2N3O4S. The summed E-state index contributed by atoms with van der Waals surface area (Å²) < 4.78 is 52.5. The molecule has 2 aromatic carbocycles. The number of benzene rings is 2. The number of sulfone groups is 1. The maximum absolute atomic E-state index is 13.8. The Kier molecular flexibility index (Phi) is 9.43. The van der Waals surface area contributed by atoms with Gasteiger partial charge < -0.3 is 21.1 Å². The molecule has 0 aliphatic carbocycles. The van der Waals surface area contributed by atoms with E-state index in [1.165, 1.54) is 0 Å². The van der Waals surface area contributed by atoms with Crippen molar-refractivity contribution in [3.63, 3.8) is 0 Å². The smallest absolute Gasteiger partial charge is 0.315 e. The minimum absolute atomic E-state index is 0.0228. The SMILES string of the molecule is CCc1ccc2c(c1)[C@@H](NC[C@@H](O)[C@H](Cc1cc(F)cc(F)c1)NC(=O)NC(C)CC)CS(=O)(=O)C2. The van der Waals surface area contributed by atoms with E-state index in [0.717, 1.165) is 41.3 Å². The Morgan fingerprint density at radius 3 is 2.42 bits per heavy atom. The largest absolute Gasteiger partial charge is 0.390 e. The summed E-state index contributed by atoms with van der Waals surface area (Å²) in [6.45, 7) is 5.72. The lowest BCUT2D eigenvalue weighted by atomic mass is 9.97. The van der Waals surface area contributed by atoms with Gasteiger partial charge in [-0.3, -0.25) is 0 Å². The number of aryl methyl sites for hydroxylation is 1. The predicted octanol–water partition coefficient (Wildman–Crippen LogP) is 3.16. The van der Waals surface area contributed by atoms with E-state index in [1.54, 1.807) is 0 Å². The van der Waals surface area contributed by atoms with E-state index in [1.807, 2.05) is 39.0 Å². The van der Waals surface area contributed by atoms with Gasteiger partial charge in [-0.15, -0.1) is 0 Å². The molecule has 1 aliphatic heterocycles. The number of carbonyl (C=O) groups excluding carboxylic acids is 1. The van der Waals surface area contributed by atoms with Crippen molar-refractivity contribution < 1.29 is 27.1 Å². The van der Waals surface area contributed by atoms with Gasteiger partial charge in [0.15, 0.2) is 9.84 Å². The topological polar surface area (TPSA) is 108 Å². The van der Waals surface area contributed by atoms with Crippen LogP contribution < -0.4 is 16.0 Å². The lowest BCUT2D eigenvalue weighted by molar-refractivity contribution is 0.123. The molecule has 0 radical (unpaired) electrons. The second-order valence-electron chi connectivity index (χ2n) is 9.48. The molecule has 4 atom stereocenters. The van der Waals surface area contributed by atoms with Gasteiger partial charge in [0.25, 0.3) is 0 Å². The highest BCUT2D eigenvalue weighted by Crippen LogP contribution is 2.29. The third-order valence-electron chi connectivity index (χ3n) is 6.51. The van der Waals surface area contributed by atoms with Gasteiger partial charge in [-0.25, -0.2) is 22.0 Å². The molecule has 198 valence electrons. The number of aliphatic hydroxyl groups is 1. The van der Waals surface area contributed by atoms with Crippen LogP contribution in [0.4, 0.5) is 13.6 Å². The molecule has 0 aromatic heterocycles. The van der Waals surface area contributed by atoms with Gasteiger partial charge in [-0.2, -0.15) is 0 Å². The Bertz CT molecular complexity index is 1160. The average Bonchev–Trinajstić information content (AvgIpc) is 2.80. The van der Waals surface area contributed by atoms with E-state index < -0.39 is 45.7 Å². The number of nitrogens with one attached hydrogen (secondary N) is 3. The summed E-state index contributed by atoms with van der Waals surface area (Å²) in [5, 5.41) is 19.6. The van der Waals surface area contributed by atoms with Crippen molar-refractivity contribution in [1.82, 2.24) is 16.0 Å². The van der Waals surface area contributed by atoms with E-state index in [4.69, 9.17) is 0 Å². The average molecular weight is 524 g/mol. The van der Waals surface area contributed by atoms with Crippen LogP contribution in [0.3, 0.4) is 0 Å². The van der Waals surface area contributed by atoms with Gasteiger partial charge in [-0.05, 0) is 60.6 Å². The Morgan fingerprint density at radius 1 is 1.08 bits per heavy atom. The number of hydrogen-bond donors (Lipinski definition) is 4.